The van der Waals surface area contributed by atoms with Crippen molar-refractivity contribution in [3.8, 4) is 17.3 Å². The second-order valence-electron chi connectivity index (χ2n) is 8.47. The number of hydrogen-bond acceptors (Lipinski definition) is 7. The van der Waals surface area contributed by atoms with Gasteiger partial charge >= 0.3 is 0 Å². The molecule has 9 heteroatoms. The molecule has 0 unspecified atom stereocenters. The third-order valence-corrected chi connectivity index (χ3v) is 5.26. The Kier molecular flexibility index (Phi) is 5.38. The number of hydrogen-bond donors (Lipinski definition) is 0. The van der Waals surface area contributed by atoms with Crippen LogP contribution in [-0.2, 0) is 5.41 Å². The van der Waals surface area contributed by atoms with Crippen LogP contribution in [0.25, 0.3) is 17.3 Å². The van der Waals surface area contributed by atoms with E-state index in [1.807, 2.05) is 37.8 Å². The molecular formula is C21H27N7O2. The Morgan fingerprint density at radius 3 is 2.50 bits per heavy atom. The summed E-state index contributed by atoms with van der Waals surface area (Å²) in [5.74, 6) is 1.71. The van der Waals surface area contributed by atoms with E-state index in [0.29, 0.717) is 23.2 Å². The number of likely N-dealkylation sites (N-methyl/N-ethyl adjacent to an activating group) is 1. The summed E-state index contributed by atoms with van der Waals surface area (Å²) in [6.07, 6.45) is 5.02. The van der Waals surface area contributed by atoms with Crippen LogP contribution < -0.4 is 0 Å². The van der Waals surface area contributed by atoms with Crippen LogP contribution in [-0.4, -0.2) is 73.1 Å². The van der Waals surface area contributed by atoms with Crippen LogP contribution in [0.5, 0.6) is 0 Å². The molecule has 1 aliphatic rings. The molecule has 1 saturated heterocycles. The first-order valence-electron chi connectivity index (χ1n) is 10.2. The summed E-state index contributed by atoms with van der Waals surface area (Å²) in [6.45, 7) is 12.5. The highest BCUT2D eigenvalue weighted by molar-refractivity contribution is 5.92. The fourth-order valence-corrected chi connectivity index (χ4v) is 3.30. The standard InChI is InChI=1S/C21H27N7O2/c1-5-26-8-10-27(11-9-26)19(29)16-13-28(14-23-16)17-7-6-15(12-22-17)18-24-20(25-30-18)21(2,3)4/h6-7,12-14H,5,8-11H2,1-4H3. The summed E-state index contributed by atoms with van der Waals surface area (Å²) < 4.78 is 7.11. The van der Waals surface area contributed by atoms with Gasteiger partial charge in [0.25, 0.3) is 11.8 Å². The molecule has 158 valence electrons. The van der Waals surface area contributed by atoms with Crippen molar-refractivity contribution in [1.29, 1.82) is 0 Å². The number of imidazole rings is 1. The van der Waals surface area contributed by atoms with Crippen molar-refractivity contribution in [3.05, 3.63) is 42.4 Å². The Hall–Kier alpha value is -3.07. The monoisotopic (exact) mass is 409 g/mol. The SMILES string of the molecule is CCN1CCN(C(=O)c2cn(-c3ccc(-c4nc(C(C)(C)C)no4)cn3)cn2)CC1. The maximum absolute atomic E-state index is 12.7. The summed E-state index contributed by atoms with van der Waals surface area (Å²) in [7, 11) is 0. The van der Waals surface area contributed by atoms with Crippen molar-refractivity contribution in [2.24, 2.45) is 0 Å². The van der Waals surface area contributed by atoms with Gasteiger partial charge in [-0.15, -0.1) is 0 Å². The first-order chi connectivity index (χ1) is 14.3. The lowest BCUT2D eigenvalue weighted by Crippen LogP contribution is -2.48. The zero-order valence-corrected chi connectivity index (χ0v) is 17.9. The molecule has 0 radical (unpaired) electrons. The van der Waals surface area contributed by atoms with Crippen molar-refractivity contribution in [1.82, 2.24) is 34.5 Å². The molecule has 4 heterocycles. The summed E-state index contributed by atoms with van der Waals surface area (Å²) in [4.78, 5) is 30.2. The van der Waals surface area contributed by atoms with Crippen LogP contribution in [0.15, 0.2) is 35.4 Å². The average Bonchev–Trinajstić information content (AvgIpc) is 3.43. The van der Waals surface area contributed by atoms with Crippen molar-refractivity contribution in [2.45, 2.75) is 33.1 Å². The van der Waals surface area contributed by atoms with Crippen LogP contribution >= 0.6 is 0 Å². The van der Waals surface area contributed by atoms with E-state index in [-0.39, 0.29) is 11.3 Å². The number of pyridine rings is 1. The molecule has 0 N–H and O–H groups in total. The van der Waals surface area contributed by atoms with Gasteiger partial charge in [0, 0.05) is 44.0 Å². The number of nitrogens with zero attached hydrogens (tertiary/aromatic N) is 7. The molecule has 0 spiro atoms. The van der Waals surface area contributed by atoms with E-state index >= 15 is 0 Å². The molecule has 3 aromatic rings. The Morgan fingerprint density at radius 2 is 1.90 bits per heavy atom. The van der Waals surface area contributed by atoms with Crippen LogP contribution in [0.4, 0.5) is 0 Å². The summed E-state index contributed by atoms with van der Waals surface area (Å²) in [6, 6.07) is 3.71. The fourth-order valence-electron chi connectivity index (χ4n) is 3.30. The molecule has 0 bridgehead atoms. The lowest BCUT2D eigenvalue weighted by Gasteiger charge is -2.33. The maximum atomic E-state index is 12.7. The Labute approximate surface area is 175 Å². The van der Waals surface area contributed by atoms with Crippen LogP contribution in [0.1, 0.15) is 44.0 Å². The molecule has 0 aromatic carbocycles. The van der Waals surface area contributed by atoms with E-state index < -0.39 is 0 Å². The van der Waals surface area contributed by atoms with E-state index in [0.717, 1.165) is 38.3 Å². The first-order valence-corrected chi connectivity index (χ1v) is 10.2. The second-order valence-corrected chi connectivity index (χ2v) is 8.47. The molecule has 0 saturated carbocycles. The van der Waals surface area contributed by atoms with E-state index in [1.54, 1.807) is 23.3 Å². The number of aromatic nitrogens is 5. The van der Waals surface area contributed by atoms with Crippen molar-refractivity contribution in [3.63, 3.8) is 0 Å². The van der Waals surface area contributed by atoms with Gasteiger partial charge in [-0.05, 0) is 18.7 Å². The molecule has 1 aliphatic heterocycles. The number of carbonyl (C=O) groups excluding carboxylic acids is 1. The summed E-state index contributed by atoms with van der Waals surface area (Å²) in [5.41, 5.74) is 0.988. The molecule has 3 aromatic heterocycles. The zero-order valence-electron chi connectivity index (χ0n) is 17.9. The maximum Gasteiger partial charge on any atom is 0.274 e. The lowest BCUT2D eigenvalue weighted by atomic mass is 9.96. The topological polar surface area (TPSA) is 93.2 Å². The minimum atomic E-state index is -0.182. The third-order valence-electron chi connectivity index (χ3n) is 5.26. The number of carbonyl (C=O) groups is 1. The molecule has 1 amide bonds. The lowest BCUT2D eigenvalue weighted by molar-refractivity contribution is 0.0638. The normalized spacial score (nSPS) is 15.5. The minimum absolute atomic E-state index is 0.0401. The highest BCUT2D eigenvalue weighted by atomic mass is 16.5. The predicted molar refractivity (Wildman–Crippen MR) is 111 cm³/mol. The highest BCUT2D eigenvalue weighted by Crippen LogP contribution is 2.23. The molecule has 0 atom stereocenters. The van der Waals surface area contributed by atoms with E-state index in [4.69, 9.17) is 4.52 Å². The van der Waals surface area contributed by atoms with Gasteiger partial charge in [-0.1, -0.05) is 32.9 Å². The van der Waals surface area contributed by atoms with E-state index in [1.165, 1.54) is 0 Å². The van der Waals surface area contributed by atoms with Gasteiger partial charge in [0.1, 0.15) is 17.8 Å². The van der Waals surface area contributed by atoms with Crippen molar-refractivity contribution in [2.75, 3.05) is 32.7 Å². The molecule has 9 nitrogen and oxygen atoms in total. The predicted octanol–water partition coefficient (Wildman–Crippen LogP) is 2.39. The minimum Gasteiger partial charge on any atom is -0.335 e. The van der Waals surface area contributed by atoms with Crippen molar-refractivity contribution >= 4 is 5.91 Å². The average molecular weight is 409 g/mol. The molecule has 1 fully saturated rings. The molecule has 4 rings (SSSR count). The molecule has 0 aliphatic carbocycles. The largest absolute Gasteiger partial charge is 0.335 e. The van der Waals surface area contributed by atoms with Gasteiger partial charge in [0.15, 0.2) is 5.82 Å². The number of amides is 1. The van der Waals surface area contributed by atoms with E-state index in [9.17, 15) is 4.79 Å². The van der Waals surface area contributed by atoms with E-state index in [2.05, 4.69) is 31.9 Å². The number of rotatable bonds is 4. The molecular weight excluding hydrogens is 382 g/mol. The van der Waals surface area contributed by atoms with Gasteiger partial charge in [0.05, 0.1) is 5.56 Å². The quantitative estimate of drug-likeness (QED) is 0.653. The van der Waals surface area contributed by atoms with Crippen LogP contribution in [0.2, 0.25) is 0 Å². The van der Waals surface area contributed by atoms with Gasteiger partial charge in [-0.2, -0.15) is 4.98 Å². The van der Waals surface area contributed by atoms with Gasteiger partial charge in [-0.25, -0.2) is 9.97 Å². The first kappa shape index (κ1) is 20.2. The summed E-state index contributed by atoms with van der Waals surface area (Å²) in [5, 5.41) is 4.05. The van der Waals surface area contributed by atoms with Crippen LogP contribution in [0, 0.1) is 0 Å². The second kappa shape index (κ2) is 7.98. The smallest absolute Gasteiger partial charge is 0.274 e. The fraction of sp³-hybridized carbons (Fsp3) is 0.476. The zero-order chi connectivity index (χ0) is 21.3. The van der Waals surface area contributed by atoms with Crippen molar-refractivity contribution < 1.29 is 9.32 Å². The van der Waals surface area contributed by atoms with Crippen LogP contribution in [0.3, 0.4) is 0 Å². The summed E-state index contributed by atoms with van der Waals surface area (Å²) >= 11 is 0. The highest BCUT2D eigenvalue weighted by Gasteiger charge is 2.24. The Bertz CT molecular complexity index is 1010. The van der Waals surface area contributed by atoms with Gasteiger partial charge in [0.2, 0.25) is 0 Å². The van der Waals surface area contributed by atoms with Gasteiger partial charge < -0.3 is 14.3 Å². The van der Waals surface area contributed by atoms with Gasteiger partial charge in [-0.3, -0.25) is 9.36 Å². The Morgan fingerprint density at radius 1 is 1.13 bits per heavy atom. The molecule has 30 heavy (non-hydrogen) atoms. The number of piperazine rings is 1. The third kappa shape index (κ3) is 4.11. The Balaban J connectivity index is 1.46.